The minimum Gasteiger partial charge on any atom is -0.337 e. The Balaban J connectivity index is 1.48. The van der Waals surface area contributed by atoms with Gasteiger partial charge >= 0.3 is 6.03 Å². The van der Waals surface area contributed by atoms with E-state index in [9.17, 15) is 14.0 Å². The first-order valence-electron chi connectivity index (χ1n) is 8.76. The second-order valence-corrected chi connectivity index (χ2v) is 6.98. The van der Waals surface area contributed by atoms with Crippen molar-refractivity contribution >= 4 is 11.9 Å². The number of likely N-dealkylation sites (N-methyl/N-ethyl adjacent to an activating group) is 1. The molecule has 7 heteroatoms. The molecule has 2 fully saturated rings. The van der Waals surface area contributed by atoms with Gasteiger partial charge < -0.3 is 20.4 Å². The minimum absolute atomic E-state index is 0.0566. The monoisotopic (exact) mass is 348 g/mol. The number of urea groups is 1. The van der Waals surface area contributed by atoms with E-state index in [2.05, 4.69) is 29.5 Å². The smallest absolute Gasteiger partial charge is 0.315 e. The van der Waals surface area contributed by atoms with Crippen molar-refractivity contribution in [2.75, 3.05) is 26.7 Å². The third kappa shape index (κ3) is 4.10. The first-order valence-corrected chi connectivity index (χ1v) is 8.76. The predicted octanol–water partition coefficient (Wildman–Crippen LogP) is 1.43. The predicted molar refractivity (Wildman–Crippen MR) is 92.9 cm³/mol. The van der Waals surface area contributed by atoms with Crippen molar-refractivity contribution in [3.8, 4) is 0 Å². The average molecular weight is 348 g/mol. The molecule has 6 nitrogen and oxygen atoms in total. The lowest BCUT2D eigenvalue weighted by Crippen LogP contribution is -2.50. The van der Waals surface area contributed by atoms with Crippen LogP contribution in [-0.2, 0) is 0 Å². The average Bonchev–Trinajstić information content (AvgIpc) is 3.17. The Hall–Kier alpha value is -2.15. The fraction of sp³-hybridized carbons (Fsp3) is 0.556. The highest BCUT2D eigenvalue weighted by Gasteiger charge is 2.31. The van der Waals surface area contributed by atoms with Crippen molar-refractivity contribution in [1.29, 1.82) is 0 Å². The van der Waals surface area contributed by atoms with E-state index in [-0.39, 0.29) is 29.8 Å². The second-order valence-electron chi connectivity index (χ2n) is 6.98. The van der Waals surface area contributed by atoms with Gasteiger partial charge in [0.1, 0.15) is 5.82 Å². The molecule has 136 valence electrons. The quantitative estimate of drug-likeness (QED) is 0.869. The SMILES string of the molecule is CC1C(NC(=O)N[C@H]2CCN(C(=O)c3ccc(F)cc3)C2)CCN1C. The van der Waals surface area contributed by atoms with Crippen LogP contribution in [0.25, 0.3) is 0 Å². The molecule has 2 saturated heterocycles. The number of nitrogens with one attached hydrogen (secondary N) is 2. The molecule has 1 aromatic carbocycles. The molecule has 2 aliphatic rings. The van der Waals surface area contributed by atoms with E-state index >= 15 is 0 Å². The van der Waals surface area contributed by atoms with E-state index in [0.717, 1.165) is 19.4 Å². The molecule has 0 spiro atoms. The Morgan fingerprint density at radius 3 is 2.48 bits per heavy atom. The van der Waals surface area contributed by atoms with E-state index in [1.165, 1.54) is 24.3 Å². The summed E-state index contributed by atoms with van der Waals surface area (Å²) in [5, 5.41) is 6.00. The summed E-state index contributed by atoms with van der Waals surface area (Å²) in [7, 11) is 2.06. The van der Waals surface area contributed by atoms with E-state index in [1.807, 2.05) is 0 Å². The third-order valence-corrected chi connectivity index (χ3v) is 5.29. The molecular formula is C18H25FN4O2. The summed E-state index contributed by atoms with van der Waals surface area (Å²) in [5.41, 5.74) is 0.467. The van der Waals surface area contributed by atoms with Crippen LogP contribution in [-0.4, -0.2) is 66.5 Å². The molecular weight excluding hydrogens is 323 g/mol. The van der Waals surface area contributed by atoms with Gasteiger partial charge in [-0.05, 0) is 51.1 Å². The number of amides is 3. The Bertz CT molecular complexity index is 636. The van der Waals surface area contributed by atoms with Crippen LogP contribution in [0.1, 0.15) is 30.1 Å². The molecule has 2 heterocycles. The first kappa shape index (κ1) is 17.7. The highest BCUT2D eigenvalue weighted by molar-refractivity contribution is 5.94. The summed E-state index contributed by atoms with van der Waals surface area (Å²) in [6.45, 7) is 4.15. The number of hydrogen-bond acceptors (Lipinski definition) is 3. The zero-order chi connectivity index (χ0) is 18.0. The lowest BCUT2D eigenvalue weighted by atomic mass is 10.1. The van der Waals surface area contributed by atoms with Gasteiger partial charge in [-0.2, -0.15) is 0 Å². The van der Waals surface area contributed by atoms with Crippen LogP contribution in [0.2, 0.25) is 0 Å². The third-order valence-electron chi connectivity index (χ3n) is 5.29. The van der Waals surface area contributed by atoms with Crippen LogP contribution in [0.15, 0.2) is 24.3 Å². The van der Waals surface area contributed by atoms with Gasteiger partial charge in [0.2, 0.25) is 0 Å². The van der Waals surface area contributed by atoms with Gasteiger partial charge in [-0.1, -0.05) is 0 Å². The van der Waals surface area contributed by atoms with E-state index in [0.29, 0.717) is 24.7 Å². The van der Waals surface area contributed by atoms with Crippen molar-refractivity contribution in [3.63, 3.8) is 0 Å². The molecule has 2 N–H and O–H groups in total. The topological polar surface area (TPSA) is 64.7 Å². The zero-order valence-corrected chi connectivity index (χ0v) is 14.7. The molecule has 0 saturated carbocycles. The van der Waals surface area contributed by atoms with Crippen LogP contribution in [0, 0.1) is 5.82 Å². The highest BCUT2D eigenvalue weighted by atomic mass is 19.1. The minimum atomic E-state index is -0.360. The molecule has 0 aromatic heterocycles. The van der Waals surface area contributed by atoms with Gasteiger partial charge in [-0.3, -0.25) is 4.79 Å². The van der Waals surface area contributed by atoms with E-state index in [1.54, 1.807) is 4.90 Å². The molecule has 3 rings (SSSR count). The first-order chi connectivity index (χ1) is 11.9. The molecule has 3 amide bonds. The van der Waals surface area contributed by atoms with Crippen LogP contribution in [0.5, 0.6) is 0 Å². The number of nitrogens with zero attached hydrogens (tertiary/aromatic N) is 2. The summed E-state index contributed by atoms with van der Waals surface area (Å²) in [6.07, 6.45) is 1.67. The molecule has 2 aliphatic heterocycles. The number of carbonyl (C=O) groups is 2. The van der Waals surface area contributed by atoms with Crippen molar-refractivity contribution in [3.05, 3.63) is 35.6 Å². The van der Waals surface area contributed by atoms with Crippen molar-refractivity contribution in [2.24, 2.45) is 0 Å². The Labute approximate surface area is 147 Å². The van der Waals surface area contributed by atoms with Crippen molar-refractivity contribution < 1.29 is 14.0 Å². The standard InChI is InChI=1S/C18H25FN4O2/c1-12-16(8-9-22(12)2)21-18(25)20-15-7-10-23(11-15)17(24)13-3-5-14(19)6-4-13/h3-6,12,15-16H,7-11H2,1-2H3,(H2,20,21,25)/t12?,15-,16?/m0/s1. The van der Waals surface area contributed by atoms with Gasteiger partial charge in [-0.25, -0.2) is 9.18 Å². The summed E-state index contributed by atoms with van der Waals surface area (Å²) in [5.74, 6) is -0.489. The van der Waals surface area contributed by atoms with E-state index in [4.69, 9.17) is 0 Å². The van der Waals surface area contributed by atoms with Gasteiger partial charge in [0.05, 0.1) is 0 Å². The number of likely N-dealkylation sites (tertiary alicyclic amines) is 2. The van der Waals surface area contributed by atoms with Gasteiger partial charge in [0, 0.05) is 43.3 Å². The molecule has 25 heavy (non-hydrogen) atoms. The molecule has 0 radical (unpaired) electrons. The van der Waals surface area contributed by atoms with Crippen LogP contribution < -0.4 is 10.6 Å². The number of hydrogen-bond donors (Lipinski definition) is 2. The summed E-state index contributed by atoms with van der Waals surface area (Å²) < 4.78 is 13.0. The van der Waals surface area contributed by atoms with Gasteiger partial charge in [-0.15, -0.1) is 0 Å². The summed E-state index contributed by atoms with van der Waals surface area (Å²) in [6, 6.07) is 5.80. The highest BCUT2D eigenvalue weighted by Crippen LogP contribution is 2.16. The Kier molecular flexibility index (Phi) is 5.22. The number of rotatable bonds is 3. The fourth-order valence-electron chi connectivity index (χ4n) is 3.52. The lowest BCUT2D eigenvalue weighted by Gasteiger charge is -2.23. The lowest BCUT2D eigenvalue weighted by molar-refractivity contribution is 0.0789. The van der Waals surface area contributed by atoms with Crippen LogP contribution >= 0.6 is 0 Å². The molecule has 0 bridgehead atoms. The second kappa shape index (κ2) is 7.39. The molecule has 0 aliphatic carbocycles. The maximum absolute atomic E-state index is 13.0. The van der Waals surface area contributed by atoms with Crippen LogP contribution in [0.3, 0.4) is 0 Å². The zero-order valence-electron chi connectivity index (χ0n) is 14.7. The number of benzene rings is 1. The largest absolute Gasteiger partial charge is 0.337 e. The number of carbonyl (C=O) groups excluding carboxylic acids is 2. The Morgan fingerprint density at radius 2 is 1.84 bits per heavy atom. The number of halogens is 1. The maximum Gasteiger partial charge on any atom is 0.315 e. The fourth-order valence-corrected chi connectivity index (χ4v) is 3.52. The van der Waals surface area contributed by atoms with Crippen molar-refractivity contribution in [2.45, 2.75) is 37.9 Å². The normalized spacial score (nSPS) is 26.7. The molecule has 2 unspecified atom stereocenters. The Morgan fingerprint density at radius 1 is 1.12 bits per heavy atom. The van der Waals surface area contributed by atoms with Crippen molar-refractivity contribution in [1.82, 2.24) is 20.4 Å². The van der Waals surface area contributed by atoms with Gasteiger partial charge in [0.15, 0.2) is 0 Å². The molecule has 1 aromatic rings. The molecule has 3 atom stereocenters. The van der Waals surface area contributed by atoms with E-state index < -0.39 is 0 Å². The van der Waals surface area contributed by atoms with Crippen LogP contribution in [0.4, 0.5) is 9.18 Å². The maximum atomic E-state index is 13.0. The summed E-state index contributed by atoms with van der Waals surface area (Å²) in [4.78, 5) is 28.5. The van der Waals surface area contributed by atoms with Gasteiger partial charge in [0.25, 0.3) is 5.91 Å². The summed E-state index contributed by atoms with van der Waals surface area (Å²) >= 11 is 0.